The van der Waals surface area contributed by atoms with Crippen LogP contribution in [0.1, 0.15) is 19.3 Å². The molecule has 1 heterocycles. The Morgan fingerprint density at radius 3 is 3.00 bits per heavy atom. The molecule has 2 N–H and O–H groups in total. The molecule has 0 bridgehead atoms. The first kappa shape index (κ1) is 7.10. The maximum Gasteiger partial charge on any atom is 0.303 e. The van der Waals surface area contributed by atoms with E-state index in [9.17, 15) is 4.79 Å². The van der Waals surface area contributed by atoms with Gasteiger partial charge < -0.3 is 10.4 Å². The van der Waals surface area contributed by atoms with Crippen molar-refractivity contribution in [2.24, 2.45) is 11.8 Å². The van der Waals surface area contributed by atoms with Crippen molar-refractivity contribution in [3.05, 3.63) is 0 Å². The zero-order valence-corrected chi connectivity index (χ0v) is 6.42. The summed E-state index contributed by atoms with van der Waals surface area (Å²) in [5.41, 5.74) is 0. The van der Waals surface area contributed by atoms with Gasteiger partial charge in [0, 0.05) is 12.5 Å². The lowest BCUT2D eigenvalue weighted by Crippen LogP contribution is -2.15. The summed E-state index contributed by atoms with van der Waals surface area (Å²) >= 11 is 0. The van der Waals surface area contributed by atoms with E-state index in [1.165, 1.54) is 6.42 Å². The van der Waals surface area contributed by atoms with Crippen LogP contribution < -0.4 is 5.32 Å². The summed E-state index contributed by atoms with van der Waals surface area (Å²) in [5.74, 6) is 0.837. The summed E-state index contributed by atoms with van der Waals surface area (Å²) in [7, 11) is 0. The second-order valence-corrected chi connectivity index (χ2v) is 3.53. The molecule has 62 valence electrons. The van der Waals surface area contributed by atoms with Crippen LogP contribution in [0.25, 0.3) is 0 Å². The van der Waals surface area contributed by atoms with Gasteiger partial charge >= 0.3 is 5.97 Å². The molecule has 0 aromatic heterocycles. The number of rotatable bonds is 3. The number of nitrogens with one attached hydrogen (secondary N) is 1. The van der Waals surface area contributed by atoms with Crippen molar-refractivity contribution in [3.8, 4) is 0 Å². The average Bonchev–Trinajstić information content (AvgIpc) is 2.44. The molecule has 1 saturated heterocycles. The van der Waals surface area contributed by atoms with Crippen LogP contribution >= 0.6 is 0 Å². The third-order valence-corrected chi connectivity index (χ3v) is 2.88. The van der Waals surface area contributed by atoms with Crippen LogP contribution in [0.4, 0.5) is 0 Å². The van der Waals surface area contributed by atoms with E-state index in [0.29, 0.717) is 18.4 Å². The number of carboxylic acid groups (broad SMARTS) is 1. The molecule has 0 aromatic carbocycles. The highest BCUT2D eigenvalue weighted by Gasteiger charge is 2.51. The monoisotopic (exact) mass is 155 g/mol. The predicted octanol–water partition coefficient (Wildman–Crippen LogP) is 0.459. The van der Waals surface area contributed by atoms with Crippen LogP contribution in [0.2, 0.25) is 0 Å². The molecule has 3 nitrogen and oxygen atoms in total. The zero-order valence-electron chi connectivity index (χ0n) is 6.42. The Labute approximate surface area is 65.8 Å². The van der Waals surface area contributed by atoms with Gasteiger partial charge in [-0.2, -0.15) is 0 Å². The van der Waals surface area contributed by atoms with Crippen LogP contribution in [0.3, 0.4) is 0 Å². The highest BCUT2D eigenvalue weighted by atomic mass is 16.4. The lowest BCUT2D eigenvalue weighted by molar-refractivity contribution is -0.137. The Morgan fingerprint density at radius 2 is 2.45 bits per heavy atom. The maximum atomic E-state index is 10.2. The molecule has 0 spiro atoms. The molecule has 0 aromatic rings. The molecule has 1 saturated carbocycles. The van der Waals surface area contributed by atoms with Gasteiger partial charge in [-0.05, 0) is 31.2 Å². The highest BCUT2D eigenvalue weighted by Crippen LogP contribution is 2.47. The molecule has 1 aliphatic heterocycles. The van der Waals surface area contributed by atoms with Crippen molar-refractivity contribution >= 4 is 5.97 Å². The number of aliphatic carboxylic acids is 1. The average molecular weight is 155 g/mol. The van der Waals surface area contributed by atoms with E-state index >= 15 is 0 Å². The van der Waals surface area contributed by atoms with Gasteiger partial charge in [-0.3, -0.25) is 4.79 Å². The largest absolute Gasteiger partial charge is 0.481 e. The van der Waals surface area contributed by atoms with Crippen LogP contribution in [-0.2, 0) is 4.79 Å². The standard InChI is InChI=1S/C8H13NO2/c10-7(11)2-1-5-6-3-4-9-8(5)6/h5-6,8-9H,1-4H2,(H,10,11)/t5?,6-,8+/m1/s1. The molecule has 3 heteroatoms. The third kappa shape index (κ3) is 1.25. The van der Waals surface area contributed by atoms with E-state index in [1.54, 1.807) is 0 Å². The van der Waals surface area contributed by atoms with E-state index < -0.39 is 5.97 Å². The molecule has 2 aliphatic rings. The van der Waals surface area contributed by atoms with Gasteiger partial charge in [0.2, 0.25) is 0 Å². The van der Waals surface area contributed by atoms with Crippen LogP contribution in [0.5, 0.6) is 0 Å². The van der Waals surface area contributed by atoms with Crippen molar-refractivity contribution in [3.63, 3.8) is 0 Å². The molecular weight excluding hydrogens is 142 g/mol. The van der Waals surface area contributed by atoms with Crippen LogP contribution in [0.15, 0.2) is 0 Å². The number of hydrogen-bond donors (Lipinski definition) is 2. The van der Waals surface area contributed by atoms with Gasteiger partial charge in [0.25, 0.3) is 0 Å². The Kier molecular flexibility index (Phi) is 1.60. The molecule has 2 fully saturated rings. The fourth-order valence-corrected chi connectivity index (χ4v) is 2.24. The minimum absolute atomic E-state index is 0.347. The number of hydrogen-bond acceptors (Lipinski definition) is 2. The van der Waals surface area contributed by atoms with E-state index in [2.05, 4.69) is 5.32 Å². The first-order chi connectivity index (χ1) is 5.29. The molecule has 11 heavy (non-hydrogen) atoms. The van der Waals surface area contributed by atoms with Gasteiger partial charge in [0.1, 0.15) is 0 Å². The quantitative estimate of drug-likeness (QED) is 0.622. The van der Waals surface area contributed by atoms with Crippen molar-refractivity contribution in [1.82, 2.24) is 5.32 Å². The third-order valence-electron chi connectivity index (χ3n) is 2.88. The van der Waals surface area contributed by atoms with Gasteiger partial charge in [-0.15, -0.1) is 0 Å². The molecule has 0 amide bonds. The molecule has 3 atom stereocenters. The smallest absolute Gasteiger partial charge is 0.303 e. The minimum Gasteiger partial charge on any atom is -0.481 e. The summed E-state index contributed by atoms with van der Waals surface area (Å²) in [6.07, 6.45) is 2.48. The SMILES string of the molecule is O=C(O)CCC1[C@H]2CCN[C@@H]12. The number of carbonyl (C=O) groups is 1. The minimum atomic E-state index is -0.657. The Balaban J connectivity index is 1.71. The molecule has 0 radical (unpaired) electrons. The summed E-state index contributed by atoms with van der Waals surface area (Å²) in [6.45, 7) is 1.14. The van der Waals surface area contributed by atoms with Crippen molar-refractivity contribution in [2.75, 3.05) is 6.54 Å². The molecule has 2 rings (SSSR count). The number of carboxylic acids is 1. The fourth-order valence-electron chi connectivity index (χ4n) is 2.24. The molecule has 1 aliphatic carbocycles. The zero-order chi connectivity index (χ0) is 7.84. The van der Waals surface area contributed by atoms with Crippen molar-refractivity contribution in [1.29, 1.82) is 0 Å². The number of piperidine rings is 1. The first-order valence-corrected chi connectivity index (χ1v) is 4.24. The van der Waals surface area contributed by atoms with Crippen molar-refractivity contribution in [2.45, 2.75) is 25.3 Å². The molecular formula is C8H13NO2. The Bertz CT molecular complexity index is 171. The summed E-state index contributed by atoms with van der Waals surface area (Å²) < 4.78 is 0. The van der Waals surface area contributed by atoms with E-state index in [0.717, 1.165) is 18.9 Å². The topological polar surface area (TPSA) is 49.3 Å². The summed E-state index contributed by atoms with van der Waals surface area (Å²) in [6, 6.07) is 0.675. The number of fused-ring (bicyclic) bond motifs is 1. The van der Waals surface area contributed by atoms with E-state index in [4.69, 9.17) is 5.11 Å². The highest BCUT2D eigenvalue weighted by molar-refractivity contribution is 5.66. The van der Waals surface area contributed by atoms with Crippen LogP contribution in [-0.4, -0.2) is 23.7 Å². The Hall–Kier alpha value is -0.570. The van der Waals surface area contributed by atoms with E-state index in [-0.39, 0.29) is 0 Å². The second-order valence-electron chi connectivity index (χ2n) is 3.53. The lowest BCUT2D eigenvalue weighted by atomic mass is 10.1. The van der Waals surface area contributed by atoms with Crippen LogP contribution in [0, 0.1) is 11.8 Å². The van der Waals surface area contributed by atoms with Gasteiger partial charge in [0.15, 0.2) is 0 Å². The van der Waals surface area contributed by atoms with Gasteiger partial charge in [-0.25, -0.2) is 0 Å². The first-order valence-electron chi connectivity index (χ1n) is 4.24. The van der Waals surface area contributed by atoms with E-state index in [1.807, 2.05) is 0 Å². The molecule has 1 unspecified atom stereocenters. The lowest BCUT2D eigenvalue weighted by Gasteiger charge is -2.00. The summed E-state index contributed by atoms with van der Waals surface area (Å²) in [4.78, 5) is 10.2. The normalized spacial score (nSPS) is 40.2. The summed E-state index contributed by atoms with van der Waals surface area (Å²) in [5, 5.41) is 11.8. The predicted molar refractivity (Wildman–Crippen MR) is 40.3 cm³/mol. The second kappa shape index (κ2) is 2.48. The fraction of sp³-hybridized carbons (Fsp3) is 0.875. The Morgan fingerprint density at radius 1 is 1.64 bits per heavy atom. The van der Waals surface area contributed by atoms with Gasteiger partial charge in [0.05, 0.1) is 0 Å². The van der Waals surface area contributed by atoms with Gasteiger partial charge in [-0.1, -0.05) is 0 Å². The van der Waals surface area contributed by atoms with Crippen molar-refractivity contribution < 1.29 is 9.90 Å². The maximum absolute atomic E-state index is 10.2.